The van der Waals surface area contributed by atoms with E-state index in [1.165, 1.54) is 49.7 Å². The summed E-state index contributed by atoms with van der Waals surface area (Å²) in [7, 11) is 0. The van der Waals surface area contributed by atoms with Crippen molar-refractivity contribution < 1.29 is 8.81 Å². The summed E-state index contributed by atoms with van der Waals surface area (Å²) in [6.45, 7) is 6.05. The van der Waals surface area contributed by atoms with Crippen molar-refractivity contribution in [1.29, 1.82) is 0 Å². The molecule has 4 rings (SSSR count). The second-order valence-electron chi connectivity index (χ2n) is 10.9. The van der Waals surface area contributed by atoms with Gasteiger partial charge < -0.3 is 4.42 Å². The highest BCUT2D eigenvalue weighted by Gasteiger charge is 2.18. The summed E-state index contributed by atoms with van der Waals surface area (Å²) in [5, 5.41) is 0.672. The van der Waals surface area contributed by atoms with E-state index in [0.717, 1.165) is 56.9 Å². The van der Waals surface area contributed by atoms with Gasteiger partial charge in [-0.05, 0) is 67.0 Å². The van der Waals surface area contributed by atoms with Crippen LogP contribution in [0.15, 0.2) is 76.0 Å². The Balaban J connectivity index is 1.39. The SMILES string of the molecule is C=CCCC1=CCC(c2ccc(-c3ccc4cc(CCCCCCCCCC)oc(=O)c4c3F)cc2)CC1. The number of rotatable bonds is 14. The first-order valence-electron chi connectivity index (χ1n) is 14.7. The zero-order valence-electron chi connectivity index (χ0n) is 23.1. The fourth-order valence-corrected chi connectivity index (χ4v) is 5.71. The third-order valence-corrected chi connectivity index (χ3v) is 8.06. The van der Waals surface area contributed by atoms with Crippen molar-refractivity contribution in [2.75, 3.05) is 0 Å². The molecule has 0 saturated carbocycles. The standard InChI is InChI=1S/C35H43FO2/c1-3-5-7-8-9-10-11-12-14-31-25-30-23-24-32(34(36)33(30)35(37)38-31)29-21-19-28(20-22-29)27-17-15-26(16-18-27)13-6-4-2/h4,15,19-25,27H,2-3,5-14,16-18H2,1H3. The third-order valence-electron chi connectivity index (χ3n) is 8.06. The molecule has 1 atom stereocenters. The molecule has 0 spiro atoms. The van der Waals surface area contributed by atoms with Crippen LogP contribution in [-0.4, -0.2) is 0 Å². The summed E-state index contributed by atoms with van der Waals surface area (Å²) < 4.78 is 21.1. The molecule has 0 radical (unpaired) electrons. The van der Waals surface area contributed by atoms with E-state index in [4.69, 9.17) is 4.42 Å². The van der Waals surface area contributed by atoms with Crippen molar-refractivity contribution in [1.82, 2.24) is 0 Å². The van der Waals surface area contributed by atoms with Crippen molar-refractivity contribution in [3.8, 4) is 11.1 Å². The van der Waals surface area contributed by atoms with Gasteiger partial charge in [-0.3, -0.25) is 0 Å². The minimum atomic E-state index is -0.575. The Labute approximate surface area is 227 Å². The Hall–Kier alpha value is -2.94. The Morgan fingerprint density at radius 3 is 2.39 bits per heavy atom. The number of hydrogen-bond donors (Lipinski definition) is 0. The van der Waals surface area contributed by atoms with Crippen LogP contribution in [0.4, 0.5) is 4.39 Å². The van der Waals surface area contributed by atoms with Crippen LogP contribution < -0.4 is 5.63 Å². The first-order chi connectivity index (χ1) is 18.6. The van der Waals surface area contributed by atoms with Gasteiger partial charge in [0, 0.05) is 12.0 Å². The minimum Gasteiger partial charge on any atom is -0.427 e. The number of fused-ring (bicyclic) bond motifs is 1. The molecule has 3 heteroatoms. The summed E-state index contributed by atoms with van der Waals surface area (Å²) in [4.78, 5) is 12.8. The predicted octanol–water partition coefficient (Wildman–Crippen LogP) is 10.4. The lowest BCUT2D eigenvalue weighted by Crippen LogP contribution is -2.06. The normalized spacial score (nSPS) is 15.5. The van der Waals surface area contributed by atoms with Crippen molar-refractivity contribution in [3.05, 3.63) is 94.3 Å². The summed E-state index contributed by atoms with van der Waals surface area (Å²) in [6, 6.07) is 13.7. The van der Waals surface area contributed by atoms with Crippen LogP contribution in [0.1, 0.15) is 108 Å². The predicted molar refractivity (Wildman–Crippen MR) is 158 cm³/mol. The number of aryl methyl sites for hydroxylation is 1. The van der Waals surface area contributed by atoms with Crippen molar-refractivity contribution in [3.63, 3.8) is 0 Å². The molecule has 0 bridgehead atoms. The Bertz CT molecular complexity index is 1280. The lowest BCUT2D eigenvalue weighted by molar-refractivity contribution is 0.452. The molecule has 0 N–H and O–H groups in total. The lowest BCUT2D eigenvalue weighted by Gasteiger charge is -2.22. The number of benzene rings is 2. The molecule has 202 valence electrons. The topological polar surface area (TPSA) is 30.2 Å². The maximum Gasteiger partial charge on any atom is 0.346 e. The van der Waals surface area contributed by atoms with E-state index in [2.05, 4.69) is 31.7 Å². The molecule has 1 heterocycles. The van der Waals surface area contributed by atoms with Crippen LogP contribution >= 0.6 is 0 Å². The number of allylic oxidation sites excluding steroid dienone is 3. The highest BCUT2D eigenvalue weighted by Crippen LogP contribution is 2.35. The quantitative estimate of drug-likeness (QED) is 0.158. The summed E-state index contributed by atoms with van der Waals surface area (Å²) in [5.74, 6) is 0.666. The van der Waals surface area contributed by atoms with Gasteiger partial charge in [-0.15, -0.1) is 6.58 Å². The lowest BCUT2D eigenvalue weighted by atomic mass is 9.83. The highest BCUT2D eigenvalue weighted by molar-refractivity contribution is 5.87. The van der Waals surface area contributed by atoms with Gasteiger partial charge in [0.05, 0.1) is 0 Å². The first-order valence-corrected chi connectivity index (χ1v) is 14.7. The zero-order valence-corrected chi connectivity index (χ0v) is 23.1. The second kappa shape index (κ2) is 14.3. The Kier molecular flexibility index (Phi) is 10.6. The fourth-order valence-electron chi connectivity index (χ4n) is 5.71. The molecular formula is C35H43FO2. The van der Waals surface area contributed by atoms with Gasteiger partial charge in [-0.1, -0.05) is 106 Å². The van der Waals surface area contributed by atoms with Crippen LogP contribution in [0.5, 0.6) is 0 Å². The average Bonchev–Trinajstić information content (AvgIpc) is 2.94. The van der Waals surface area contributed by atoms with Crippen LogP contribution in [0.3, 0.4) is 0 Å². The molecule has 38 heavy (non-hydrogen) atoms. The molecule has 1 aliphatic rings. The van der Waals surface area contributed by atoms with Crippen LogP contribution in [0.2, 0.25) is 0 Å². The van der Waals surface area contributed by atoms with Crippen molar-refractivity contribution in [2.24, 2.45) is 0 Å². The third kappa shape index (κ3) is 7.34. The largest absolute Gasteiger partial charge is 0.427 e. The van der Waals surface area contributed by atoms with Crippen molar-refractivity contribution in [2.45, 2.75) is 103 Å². The van der Waals surface area contributed by atoms with Crippen LogP contribution in [0.25, 0.3) is 21.9 Å². The Morgan fingerprint density at radius 2 is 1.71 bits per heavy atom. The van der Waals surface area contributed by atoms with Gasteiger partial charge in [0.2, 0.25) is 0 Å². The Morgan fingerprint density at radius 1 is 0.974 bits per heavy atom. The molecule has 0 amide bonds. The van der Waals surface area contributed by atoms with Gasteiger partial charge >= 0.3 is 5.63 Å². The molecule has 1 aromatic heterocycles. The van der Waals surface area contributed by atoms with E-state index in [1.807, 2.05) is 30.3 Å². The smallest absolute Gasteiger partial charge is 0.346 e. The van der Waals surface area contributed by atoms with E-state index in [0.29, 0.717) is 22.6 Å². The molecule has 0 fully saturated rings. The zero-order chi connectivity index (χ0) is 26.7. The number of unbranched alkanes of at least 4 members (excludes halogenated alkanes) is 7. The fraction of sp³-hybridized carbons (Fsp3) is 0.457. The summed E-state index contributed by atoms with van der Waals surface area (Å²) in [6.07, 6.45) is 20.4. The van der Waals surface area contributed by atoms with E-state index >= 15 is 4.39 Å². The molecule has 0 saturated heterocycles. The van der Waals surface area contributed by atoms with Crippen molar-refractivity contribution >= 4 is 10.8 Å². The van der Waals surface area contributed by atoms with Gasteiger partial charge in [-0.2, -0.15) is 0 Å². The van der Waals surface area contributed by atoms with Gasteiger partial charge in [0.15, 0.2) is 0 Å². The summed E-state index contributed by atoms with van der Waals surface area (Å²) in [5.41, 5.74) is 3.49. The monoisotopic (exact) mass is 514 g/mol. The maximum absolute atomic E-state index is 15.6. The maximum atomic E-state index is 15.6. The molecule has 1 unspecified atom stereocenters. The molecule has 0 aliphatic heterocycles. The molecule has 2 nitrogen and oxygen atoms in total. The highest BCUT2D eigenvalue weighted by atomic mass is 19.1. The minimum absolute atomic E-state index is 0.0516. The molecule has 2 aromatic carbocycles. The van der Waals surface area contributed by atoms with E-state index in [-0.39, 0.29) is 5.39 Å². The molecule has 3 aromatic rings. The van der Waals surface area contributed by atoms with Gasteiger partial charge in [0.1, 0.15) is 17.0 Å². The first kappa shape index (κ1) is 28.1. The second-order valence-corrected chi connectivity index (χ2v) is 10.9. The van der Waals surface area contributed by atoms with E-state index in [9.17, 15) is 4.79 Å². The molecular weight excluding hydrogens is 471 g/mol. The summed E-state index contributed by atoms with van der Waals surface area (Å²) >= 11 is 0. The number of hydrogen-bond acceptors (Lipinski definition) is 2. The van der Waals surface area contributed by atoms with E-state index < -0.39 is 11.4 Å². The average molecular weight is 515 g/mol. The van der Waals surface area contributed by atoms with Gasteiger partial charge in [0.25, 0.3) is 0 Å². The molecule has 1 aliphatic carbocycles. The van der Waals surface area contributed by atoms with Gasteiger partial charge in [-0.25, -0.2) is 9.18 Å². The van der Waals surface area contributed by atoms with Crippen LogP contribution in [-0.2, 0) is 6.42 Å². The number of halogens is 1. The van der Waals surface area contributed by atoms with E-state index in [1.54, 1.807) is 6.07 Å². The van der Waals surface area contributed by atoms with Crippen LogP contribution in [0, 0.1) is 5.82 Å².